The summed E-state index contributed by atoms with van der Waals surface area (Å²) in [5, 5.41) is 10.9. The number of rotatable bonds is 1. The van der Waals surface area contributed by atoms with Gasteiger partial charge in [-0.3, -0.25) is 0 Å². The van der Waals surface area contributed by atoms with Gasteiger partial charge in [0.05, 0.1) is 0 Å². The van der Waals surface area contributed by atoms with Gasteiger partial charge >= 0.3 is 0 Å². The largest absolute Gasteiger partial charge is 0.352 e. The Kier molecular flexibility index (Phi) is 3.05. The third kappa shape index (κ3) is 2.00. The number of aromatic nitrogens is 2. The summed E-state index contributed by atoms with van der Waals surface area (Å²) in [6, 6.07) is 0.431. The van der Waals surface area contributed by atoms with Gasteiger partial charge in [-0.1, -0.05) is 0 Å². The molecule has 1 aromatic heterocycles. The van der Waals surface area contributed by atoms with Crippen molar-refractivity contribution in [1.82, 2.24) is 15.5 Å². The molecule has 0 amide bonds. The second kappa shape index (κ2) is 4.33. The predicted octanol–water partition coefficient (Wildman–Crippen LogP) is 1.03. The van der Waals surface area contributed by atoms with Gasteiger partial charge in [0.1, 0.15) is 0 Å². The van der Waals surface area contributed by atoms with Gasteiger partial charge in [-0.15, -0.1) is 10.2 Å². The molecule has 1 atom stereocenters. The molecule has 0 aromatic carbocycles. The Bertz CT molecular complexity index is 394. The average Bonchev–Trinajstić information content (AvgIpc) is 2.26. The summed E-state index contributed by atoms with van der Waals surface area (Å²) < 4.78 is 13.2. The standard InChI is InChI=1S/C11H17FN4/c1-7-6-16(5-4-13-7)11-9(3)8(2)10(12)14-15-11/h7,13H,4-6H2,1-3H3. The average molecular weight is 224 g/mol. The van der Waals surface area contributed by atoms with Crippen molar-refractivity contribution in [3.8, 4) is 0 Å². The van der Waals surface area contributed by atoms with Crippen molar-refractivity contribution in [2.24, 2.45) is 0 Å². The number of nitrogens with zero attached hydrogens (tertiary/aromatic N) is 3. The van der Waals surface area contributed by atoms with Crippen LogP contribution in [0.25, 0.3) is 0 Å². The minimum absolute atomic E-state index is 0.431. The van der Waals surface area contributed by atoms with Crippen LogP contribution >= 0.6 is 0 Å². The summed E-state index contributed by atoms with van der Waals surface area (Å²) in [5.74, 6) is 0.344. The fraction of sp³-hybridized carbons (Fsp3) is 0.636. The first-order valence-electron chi connectivity index (χ1n) is 5.57. The third-order valence-electron chi connectivity index (χ3n) is 3.11. The maximum Gasteiger partial charge on any atom is 0.236 e. The Morgan fingerprint density at radius 2 is 2.06 bits per heavy atom. The lowest BCUT2D eigenvalue weighted by atomic mass is 10.1. The minimum Gasteiger partial charge on any atom is -0.352 e. The lowest BCUT2D eigenvalue weighted by molar-refractivity contribution is 0.477. The molecule has 4 nitrogen and oxygen atoms in total. The maximum atomic E-state index is 13.2. The summed E-state index contributed by atoms with van der Waals surface area (Å²) in [6.07, 6.45) is 0. The first-order chi connectivity index (χ1) is 7.59. The highest BCUT2D eigenvalue weighted by Crippen LogP contribution is 2.21. The molecule has 2 heterocycles. The molecule has 2 rings (SSSR count). The molecule has 1 saturated heterocycles. The number of halogens is 1. The molecule has 0 aliphatic carbocycles. The fourth-order valence-corrected chi connectivity index (χ4v) is 1.99. The van der Waals surface area contributed by atoms with E-state index in [2.05, 4.69) is 27.3 Å². The van der Waals surface area contributed by atoms with Crippen LogP contribution in [0.15, 0.2) is 0 Å². The van der Waals surface area contributed by atoms with E-state index in [0.717, 1.165) is 31.0 Å². The Hall–Kier alpha value is -1.23. The van der Waals surface area contributed by atoms with Crippen LogP contribution in [0.1, 0.15) is 18.1 Å². The number of piperazine rings is 1. The van der Waals surface area contributed by atoms with Crippen LogP contribution in [0.2, 0.25) is 0 Å². The molecular weight excluding hydrogens is 207 g/mol. The Morgan fingerprint density at radius 3 is 2.75 bits per heavy atom. The summed E-state index contributed by atoms with van der Waals surface area (Å²) >= 11 is 0. The van der Waals surface area contributed by atoms with Gasteiger partial charge < -0.3 is 10.2 Å². The molecule has 1 N–H and O–H groups in total. The van der Waals surface area contributed by atoms with Crippen LogP contribution < -0.4 is 10.2 Å². The Balaban J connectivity index is 2.29. The second-order valence-corrected chi connectivity index (χ2v) is 4.37. The molecule has 16 heavy (non-hydrogen) atoms. The molecule has 0 saturated carbocycles. The van der Waals surface area contributed by atoms with Gasteiger partial charge in [0, 0.05) is 36.8 Å². The van der Waals surface area contributed by atoms with Crippen molar-refractivity contribution in [3.05, 3.63) is 17.1 Å². The van der Waals surface area contributed by atoms with Gasteiger partial charge in [-0.25, -0.2) is 0 Å². The third-order valence-corrected chi connectivity index (χ3v) is 3.11. The topological polar surface area (TPSA) is 41.1 Å². The van der Waals surface area contributed by atoms with Crippen LogP contribution in [0.3, 0.4) is 0 Å². The van der Waals surface area contributed by atoms with E-state index < -0.39 is 5.95 Å². The lowest BCUT2D eigenvalue weighted by Gasteiger charge is -2.33. The van der Waals surface area contributed by atoms with E-state index in [4.69, 9.17) is 0 Å². The highest BCUT2D eigenvalue weighted by atomic mass is 19.1. The van der Waals surface area contributed by atoms with Crippen molar-refractivity contribution >= 4 is 5.82 Å². The van der Waals surface area contributed by atoms with Gasteiger partial charge in [0.2, 0.25) is 5.95 Å². The molecular formula is C11H17FN4. The van der Waals surface area contributed by atoms with Gasteiger partial charge in [0.15, 0.2) is 5.82 Å². The van der Waals surface area contributed by atoms with E-state index in [1.807, 2.05) is 6.92 Å². The van der Waals surface area contributed by atoms with E-state index in [-0.39, 0.29) is 0 Å². The van der Waals surface area contributed by atoms with Crippen molar-refractivity contribution in [2.75, 3.05) is 24.5 Å². The van der Waals surface area contributed by atoms with E-state index in [1.54, 1.807) is 6.92 Å². The van der Waals surface area contributed by atoms with Crippen molar-refractivity contribution in [1.29, 1.82) is 0 Å². The summed E-state index contributed by atoms with van der Waals surface area (Å²) in [7, 11) is 0. The summed E-state index contributed by atoms with van der Waals surface area (Å²) in [6.45, 7) is 8.49. The van der Waals surface area contributed by atoms with E-state index in [0.29, 0.717) is 11.6 Å². The monoisotopic (exact) mass is 224 g/mol. The molecule has 1 fully saturated rings. The normalized spacial score (nSPS) is 21.2. The quantitative estimate of drug-likeness (QED) is 0.773. The first-order valence-corrected chi connectivity index (χ1v) is 5.57. The van der Waals surface area contributed by atoms with E-state index >= 15 is 0 Å². The zero-order valence-electron chi connectivity index (χ0n) is 9.92. The van der Waals surface area contributed by atoms with Crippen LogP contribution in [-0.2, 0) is 0 Å². The minimum atomic E-state index is -0.468. The van der Waals surface area contributed by atoms with Gasteiger partial charge in [0.25, 0.3) is 0 Å². The van der Waals surface area contributed by atoms with Crippen LogP contribution in [0.4, 0.5) is 10.2 Å². The molecule has 0 spiro atoms. The molecule has 0 bridgehead atoms. The molecule has 0 radical (unpaired) electrons. The van der Waals surface area contributed by atoms with Crippen molar-refractivity contribution in [3.63, 3.8) is 0 Å². The highest BCUT2D eigenvalue weighted by molar-refractivity contribution is 5.49. The number of anilines is 1. The molecule has 1 aliphatic rings. The Morgan fingerprint density at radius 1 is 1.31 bits per heavy atom. The number of hydrogen-bond donors (Lipinski definition) is 1. The van der Waals surface area contributed by atoms with Crippen LogP contribution in [-0.4, -0.2) is 35.9 Å². The highest BCUT2D eigenvalue weighted by Gasteiger charge is 2.20. The molecule has 1 unspecified atom stereocenters. The maximum absolute atomic E-state index is 13.2. The molecule has 5 heteroatoms. The zero-order chi connectivity index (χ0) is 11.7. The van der Waals surface area contributed by atoms with Crippen LogP contribution in [0.5, 0.6) is 0 Å². The summed E-state index contributed by atoms with van der Waals surface area (Å²) in [5.41, 5.74) is 1.48. The summed E-state index contributed by atoms with van der Waals surface area (Å²) in [4.78, 5) is 2.16. The van der Waals surface area contributed by atoms with E-state index in [9.17, 15) is 4.39 Å². The zero-order valence-corrected chi connectivity index (χ0v) is 9.92. The van der Waals surface area contributed by atoms with Crippen LogP contribution in [0, 0.1) is 19.8 Å². The van der Waals surface area contributed by atoms with E-state index in [1.165, 1.54) is 0 Å². The Labute approximate surface area is 94.9 Å². The van der Waals surface area contributed by atoms with Crippen molar-refractivity contribution < 1.29 is 4.39 Å². The van der Waals surface area contributed by atoms with Gasteiger partial charge in [-0.2, -0.15) is 4.39 Å². The predicted molar refractivity (Wildman–Crippen MR) is 61.1 cm³/mol. The molecule has 1 aromatic rings. The molecule has 88 valence electrons. The van der Waals surface area contributed by atoms with Crippen molar-refractivity contribution in [2.45, 2.75) is 26.8 Å². The molecule has 1 aliphatic heterocycles. The number of nitrogens with one attached hydrogen (secondary N) is 1. The fourth-order valence-electron chi connectivity index (χ4n) is 1.99. The van der Waals surface area contributed by atoms with Gasteiger partial charge in [-0.05, 0) is 20.8 Å². The number of hydrogen-bond acceptors (Lipinski definition) is 4. The SMILES string of the molecule is Cc1c(F)nnc(N2CCNC(C)C2)c1C. The lowest BCUT2D eigenvalue weighted by Crippen LogP contribution is -2.49. The first kappa shape index (κ1) is 11.3. The second-order valence-electron chi connectivity index (χ2n) is 4.37. The smallest absolute Gasteiger partial charge is 0.236 e.